The number of para-hydroxylation sites is 1. The Morgan fingerprint density at radius 1 is 1.35 bits per heavy atom. The number of nitrogens with one attached hydrogen (secondary N) is 2. The first-order valence-electron chi connectivity index (χ1n) is 6.20. The minimum Gasteiger partial charge on any atom is -0.495 e. The molecule has 2 N–H and O–H groups in total. The van der Waals surface area contributed by atoms with Gasteiger partial charge in [-0.15, -0.1) is 0 Å². The van der Waals surface area contributed by atoms with Gasteiger partial charge >= 0.3 is 0 Å². The molecule has 2 rings (SSSR count). The number of ether oxygens (including phenoxy) is 1. The Balaban J connectivity index is 2.13. The van der Waals surface area contributed by atoms with Gasteiger partial charge in [-0.1, -0.05) is 19.1 Å². The smallest absolute Gasteiger partial charge is 0.142 e. The molecule has 0 fully saturated rings. The van der Waals surface area contributed by atoms with E-state index in [1.807, 2.05) is 12.1 Å². The van der Waals surface area contributed by atoms with E-state index < -0.39 is 0 Å². The third-order valence-corrected chi connectivity index (χ3v) is 3.03. The summed E-state index contributed by atoms with van der Waals surface area (Å²) in [5.74, 6) is 0.917. The molecular weight excluding hydrogens is 212 g/mol. The minimum absolute atomic E-state index is 0.917. The molecule has 0 saturated heterocycles. The lowest BCUT2D eigenvalue weighted by atomic mass is 10.1. The van der Waals surface area contributed by atoms with Crippen LogP contribution in [0.1, 0.15) is 18.9 Å². The van der Waals surface area contributed by atoms with Crippen LogP contribution in [0, 0.1) is 0 Å². The zero-order chi connectivity index (χ0) is 12.1. The summed E-state index contributed by atoms with van der Waals surface area (Å²) >= 11 is 0. The van der Waals surface area contributed by atoms with Crippen molar-refractivity contribution < 1.29 is 4.74 Å². The predicted molar refractivity (Wildman–Crippen MR) is 71.7 cm³/mol. The van der Waals surface area contributed by atoms with Crippen LogP contribution in [0.2, 0.25) is 0 Å². The van der Waals surface area contributed by atoms with E-state index >= 15 is 0 Å². The zero-order valence-electron chi connectivity index (χ0n) is 10.5. The Morgan fingerprint density at radius 3 is 3.00 bits per heavy atom. The average molecular weight is 232 g/mol. The summed E-state index contributed by atoms with van der Waals surface area (Å²) in [6, 6.07) is 6.18. The van der Waals surface area contributed by atoms with Gasteiger partial charge in [0, 0.05) is 11.6 Å². The third-order valence-electron chi connectivity index (χ3n) is 3.03. The monoisotopic (exact) mass is 232 g/mol. The van der Waals surface area contributed by atoms with Crippen LogP contribution in [0.5, 0.6) is 5.75 Å². The van der Waals surface area contributed by atoms with E-state index in [-0.39, 0.29) is 0 Å². The largest absolute Gasteiger partial charge is 0.495 e. The molecule has 0 amide bonds. The SMILES string of the molecule is CCNCCCc1c[nH]c2c(OC)cccc12. The Hall–Kier alpha value is -1.48. The zero-order valence-corrected chi connectivity index (χ0v) is 10.5. The number of hydrogen-bond donors (Lipinski definition) is 2. The van der Waals surface area contributed by atoms with E-state index in [1.54, 1.807) is 7.11 Å². The van der Waals surface area contributed by atoms with Crippen LogP contribution in [-0.4, -0.2) is 25.2 Å². The number of methoxy groups -OCH3 is 1. The Labute approximate surface area is 102 Å². The molecule has 0 bridgehead atoms. The van der Waals surface area contributed by atoms with Crippen molar-refractivity contribution in [2.45, 2.75) is 19.8 Å². The summed E-state index contributed by atoms with van der Waals surface area (Å²) in [7, 11) is 1.71. The minimum atomic E-state index is 0.917. The van der Waals surface area contributed by atoms with Crippen LogP contribution in [0.15, 0.2) is 24.4 Å². The van der Waals surface area contributed by atoms with E-state index in [0.29, 0.717) is 0 Å². The lowest BCUT2D eigenvalue weighted by molar-refractivity contribution is 0.419. The molecular formula is C14H20N2O. The predicted octanol–water partition coefficient (Wildman–Crippen LogP) is 2.72. The molecule has 1 aromatic carbocycles. The van der Waals surface area contributed by atoms with Crippen molar-refractivity contribution in [3.63, 3.8) is 0 Å². The molecule has 0 spiro atoms. The standard InChI is InChI=1S/C14H20N2O/c1-3-15-9-5-6-11-10-16-14-12(11)7-4-8-13(14)17-2/h4,7-8,10,15-16H,3,5-6,9H2,1-2H3. The van der Waals surface area contributed by atoms with Gasteiger partial charge < -0.3 is 15.0 Å². The van der Waals surface area contributed by atoms with E-state index in [2.05, 4.69) is 29.5 Å². The Bertz CT molecular complexity index is 476. The highest BCUT2D eigenvalue weighted by Crippen LogP contribution is 2.27. The van der Waals surface area contributed by atoms with Gasteiger partial charge in [0.15, 0.2) is 0 Å². The molecule has 0 atom stereocenters. The molecule has 2 aromatic rings. The van der Waals surface area contributed by atoms with Gasteiger partial charge in [-0.25, -0.2) is 0 Å². The number of fused-ring (bicyclic) bond motifs is 1. The second-order valence-corrected chi connectivity index (χ2v) is 4.15. The van der Waals surface area contributed by atoms with E-state index in [4.69, 9.17) is 4.74 Å². The first-order chi connectivity index (χ1) is 8.36. The average Bonchev–Trinajstić information content (AvgIpc) is 2.78. The molecule has 0 saturated carbocycles. The number of H-pyrrole nitrogens is 1. The van der Waals surface area contributed by atoms with Gasteiger partial charge in [-0.3, -0.25) is 0 Å². The van der Waals surface area contributed by atoms with Crippen molar-refractivity contribution >= 4 is 10.9 Å². The van der Waals surface area contributed by atoms with Crippen LogP contribution < -0.4 is 10.1 Å². The van der Waals surface area contributed by atoms with Crippen molar-refractivity contribution in [1.29, 1.82) is 0 Å². The molecule has 0 radical (unpaired) electrons. The highest BCUT2D eigenvalue weighted by atomic mass is 16.5. The summed E-state index contributed by atoms with van der Waals surface area (Å²) < 4.78 is 5.34. The first kappa shape index (κ1) is 12.0. The van der Waals surface area contributed by atoms with E-state index in [9.17, 15) is 0 Å². The van der Waals surface area contributed by atoms with Gasteiger partial charge in [0.2, 0.25) is 0 Å². The van der Waals surface area contributed by atoms with Crippen molar-refractivity contribution in [2.75, 3.05) is 20.2 Å². The topological polar surface area (TPSA) is 37.0 Å². The van der Waals surface area contributed by atoms with Crippen molar-refractivity contribution in [3.8, 4) is 5.75 Å². The number of rotatable bonds is 6. The van der Waals surface area contributed by atoms with Crippen LogP contribution in [0.4, 0.5) is 0 Å². The number of aromatic amines is 1. The highest BCUT2D eigenvalue weighted by molar-refractivity contribution is 5.88. The lowest BCUT2D eigenvalue weighted by Gasteiger charge is -2.03. The molecule has 1 aromatic heterocycles. The fourth-order valence-corrected chi connectivity index (χ4v) is 2.14. The van der Waals surface area contributed by atoms with E-state index in [1.165, 1.54) is 10.9 Å². The number of aryl methyl sites for hydroxylation is 1. The molecule has 0 aliphatic carbocycles. The van der Waals surface area contributed by atoms with Gasteiger partial charge in [0.25, 0.3) is 0 Å². The van der Waals surface area contributed by atoms with Crippen LogP contribution in [0.25, 0.3) is 10.9 Å². The molecule has 0 aliphatic rings. The summed E-state index contributed by atoms with van der Waals surface area (Å²) in [6.45, 7) is 4.26. The van der Waals surface area contributed by atoms with Crippen LogP contribution >= 0.6 is 0 Å². The van der Waals surface area contributed by atoms with Gasteiger partial charge in [0.1, 0.15) is 5.75 Å². The van der Waals surface area contributed by atoms with Crippen LogP contribution in [0.3, 0.4) is 0 Å². The number of hydrogen-bond acceptors (Lipinski definition) is 2. The fourth-order valence-electron chi connectivity index (χ4n) is 2.14. The highest BCUT2D eigenvalue weighted by Gasteiger charge is 2.06. The molecule has 17 heavy (non-hydrogen) atoms. The van der Waals surface area contributed by atoms with Gasteiger partial charge in [-0.2, -0.15) is 0 Å². The normalized spacial score (nSPS) is 10.9. The maximum atomic E-state index is 5.34. The second kappa shape index (κ2) is 5.73. The fraction of sp³-hybridized carbons (Fsp3) is 0.429. The first-order valence-corrected chi connectivity index (χ1v) is 6.20. The molecule has 0 unspecified atom stereocenters. The lowest BCUT2D eigenvalue weighted by Crippen LogP contribution is -2.14. The summed E-state index contributed by atoms with van der Waals surface area (Å²) in [5, 5.41) is 4.62. The quantitative estimate of drug-likeness (QED) is 0.751. The summed E-state index contributed by atoms with van der Waals surface area (Å²) in [4.78, 5) is 3.30. The van der Waals surface area contributed by atoms with Gasteiger partial charge in [-0.05, 0) is 37.6 Å². The Kier molecular flexibility index (Phi) is 4.04. The maximum Gasteiger partial charge on any atom is 0.142 e. The number of benzene rings is 1. The molecule has 1 heterocycles. The Morgan fingerprint density at radius 2 is 2.24 bits per heavy atom. The van der Waals surface area contributed by atoms with E-state index in [0.717, 1.165) is 37.2 Å². The van der Waals surface area contributed by atoms with Crippen molar-refractivity contribution in [1.82, 2.24) is 10.3 Å². The van der Waals surface area contributed by atoms with Crippen molar-refractivity contribution in [2.24, 2.45) is 0 Å². The summed E-state index contributed by atoms with van der Waals surface area (Å²) in [6.07, 6.45) is 4.36. The third kappa shape index (κ3) is 2.61. The van der Waals surface area contributed by atoms with Gasteiger partial charge in [0.05, 0.1) is 12.6 Å². The molecule has 92 valence electrons. The molecule has 0 aliphatic heterocycles. The molecule has 3 heteroatoms. The maximum absolute atomic E-state index is 5.34. The number of aromatic nitrogens is 1. The molecule has 3 nitrogen and oxygen atoms in total. The van der Waals surface area contributed by atoms with Crippen molar-refractivity contribution in [3.05, 3.63) is 30.0 Å². The van der Waals surface area contributed by atoms with Crippen LogP contribution in [-0.2, 0) is 6.42 Å². The summed E-state index contributed by atoms with van der Waals surface area (Å²) in [5.41, 5.74) is 2.48. The second-order valence-electron chi connectivity index (χ2n) is 4.15.